The highest BCUT2D eigenvalue weighted by Gasteiger charge is 2.44. The molecule has 3 rings (SSSR count). The van der Waals surface area contributed by atoms with Gasteiger partial charge in [-0.25, -0.2) is 4.39 Å². The van der Waals surface area contributed by atoms with Gasteiger partial charge in [0.15, 0.2) is 0 Å². The second kappa shape index (κ2) is 6.57. The van der Waals surface area contributed by atoms with Crippen LogP contribution in [-0.4, -0.2) is 54.6 Å². The van der Waals surface area contributed by atoms with Crippen LogP contribution in [0.5, 0.6) is 0 Å². The van der Waals surface area contributed by atoms with Crippen molar-refractivity contribution in [3.05, 3.63) is 35.6 Å². The van der Waals surface area contributed by atoms with Crippen LogP contribution in [0.3, 0.4) is 0 Å². The molecule has 0 radical (unpaired) electrons. The zero-order valence-corrected chi connectivity index (χ0v) is 13.9. The SMILES string of the molecule is CN(C)C(=O)[C@H]1CCC2(CCN(Cc3ccc(F)cc3)CC2)O1. The van der Waals surface area contributed by atoms with Crippen LogP contribution in [0.2, 0.25) is 0 Å². The summed E-state index contributed by atoms with van der Waals surface area (Å²) >= 11 is 0. The summed E-state index contributed by atoms with van der Waals surface area (Å²) in [6.45, 7) is 2.76. The van der Waals surface area contributed by atoms with E-state index in [1.807, 2.05) is 12.1 Å². The van der Waals surface area contributed by atoms with Gasteiger partial charge in [-0.1, -0.05) is 12.1 Å². The number of likely N-dealkylation sites (N-methyl/N-ethyl adjacent to an activating group) is 1. The topological polar surface area (TPSA) is 32.8 Å². The molecule has 2 fully saturated rings. The van der Waals surface area contributed by atoms with Crippen molar-refractivity contribution in [1.29, 1.82) is 0 Å². The fourth-order valence-corrected chi connectivity index (χ4v) is 3.61. The number of hydrogen-bond acceptors (Lipinski definition) is 3. The van der Waals surface area contributed by atoms with Crippen LogP contribution in [0.25, 0.3) is 0 Å². The van der Waals surface area contributed by atoms with Gasteiger partial charge in [-0.2, -0.15) is 0 Å². The summed E-state index contributed by atoms with van der Waals surface area (Å²) < 4.78 is 19.1. The lowest BCUT2D eigenvalue weighted by molar-refractivity contribution is -0.148. The largest absolute Gasteiger partial charge is 0.362 e. The van der Waals surface area contributed by atoms with Crippen LogP contribution in [0.15, 0.2) is 24.3 Å². The smallest absolute Gasteiger partial charge is 0.251 e. The fourth-order valence-electron chi connectivity index (χ4n) is 3.61. The fraction of sp³-hybridized carbons (Fsp3) is 0.611. The van der Waals surface area contributed by atoms with Gasteiger partial charge < -0.3 is 9.64 Å². The Morgan fingerprint density at radius 1 is 1.26 bits per heavy atom. The molecule has 0 bridgehead atoms. The van der Waals surface area contributed by atoms with Gasteiger partial charge in [0.1, 0.15) is 11.9 Å². The van der Waals surface area contributed by atoms with Crippen LogP contribution in [-0.2, 0) is 16.1 Å². The van der Waals surface area contributed by atoms with E-state index >= 15 is 0 Å². The third-order valence-corrected chi connectivity index (χ3v) is 5.06. The molecule has 126 valence electrons. The maximum absolute atomic E-state index is 13.0. The first-order chi connectivity index (χ1) is 11.0. The molecule has 0 aromatic heterocycles. The highest BCUT2D eigenvalue weighted by Crippen LogP contribution is 2.39. The lowest BCUT2D eigenvalue weighted by atomic mass is 9.88. The highest BCUT2D eigenvalue weighted by molar-refractivity contribution is 5.80. The maximum Gasteiger partial charge on any atom is 0.251 e. The standard InChI is InChI=1S/C18H25FN2O2/c1-20(2)17(22)16-7-8-18(23-16)9-11-21(12-10-18)13-14-3-5-15(19)6-4-14/h3-6,16H,7-13H2,1-2H3/t16-/m1/s1. The second-order valence-electron chi connectivity index (χ2n) is 6.96. The lowest BCUT2D eigenvalue weighted by Gasteiger charge is -2.39. The molecule has 2 saturated heterocycles. The van der Waals surface area contributed by atoms with E-state index in [1.165, 1.54) is 12.1 Å². The van der Waals surface area contributed by atoms with E-state index in [4.69, 9.17) is 4.74 Å². The highest BCUT2D eigenvalue weighted by atomic mass is 19.1. The van der Waals surface area contributed by atoms with Crippen LogP contribution in [0.1, 0.15) is 31.2 Å². The molecule has 23 heavy (non-hydrogen) atoms. The number of hydrogen-bond donors (Lipinski definition) is 0. The van der Waals surface area contributed by atoms with Gasteiger partial charge in [0.05, 0.1) is 5.60 Å². The van der Waals surface area contributed by atoms with E-state index in [9.17, 15) is 9.18 Å². The van der Waals surface area contributed by atoms with E-state index in [-0.39, 0.29) is 23.4 Å². The molecule has 1 amide bonds. The van der Waals surface area contributed by atoms with Gasteiger partial charge >= 0.3 is 0 Å². The molecule has 4 nitrogen and oxygen atoms in total. The summed E-state index contributed by atoms with van der Waals surface area (Å²) in [4.78, 5) is 16.1. The quantitative estimate of drug-likeness (QED) is 0.857. The Hall–Kier alpha value is -1.46. The number of piperidine rings is 1. The van der Waals surface area contributed by atoms with E-state index < -0.39 is 0 Å². The number of carbonyl (C=O) groups excluding carboxylic acids is 1. The predicted molar refractivity (Wildman–Crippen MR) is 86.4 cm³/mol. The van der Waals surface area contributed by atoms with Gasteiger partial charge in [0.2, 0.25) is 0 Å². The van der Waals surface area contributed by atoms with Crippen molar-refractivity contribution in [2.75, 3.05) is 27.2 Å². The molecule has 1 spiro atoms. The zero-order valence-electron chi connectivity index (χ0n) is 13.9. The first-order valence-electron chi connectivity index (χ1n) is 8.33. The minimum absolute atomic E-state index is 0.0793. The number of ether oxygens (including phenoxy) is 1. The molecule has 0 N–H and O–H groups in total. The van der Waals surface area contributed by atoms with Gasteiger partial charge in [0, 0.05) is 33.7 Å². The number of likely N-dealkylation sites (tertiary alicyclic amines) is 1. The average molecular weight is 320 g/mol. The lowest BCUT2D eigenvalue weighted by Crippen LogP contribution is -2.45. The van der Waals surface area contributed by atoms with Crippen LogP contribution >= 0.6 is 0 Å². The van der Waals surface area contributed by atoms with Crippen molar-refractivity contribution in [2.24, 2.45) is 0 Å². The molecule has 0 saturated carbocycles. The number of amides is 1. The van der Waals surface area contributed by atoms with E-state index in [1.54, 1.807) is 19.0 Å². The van der Waals surface area contributed by atoms with Crippen LogP contribution in [0, 0.1) is 5.82 Å². The summed E-state index contributed by atoms with van der Waals surface area (Å²) in [5.74, 6) is -0.113. The molecular formula is C18H25FN2O2. The Labute approximate surface area is 137 Å². The van der Waals surface area contributed by atoms with Gasteiger partial charge in [0.25, 0.3) is 5.91 Å². The minimum Gasteiger partial charge on any atom is -0.362 e. The summed E-state index contributed by atoms with van der Waals surface area (Å²) in [5, 5.41) is 0. The Morgan fingerprint density at radius 3 is 2.52 bits per heavy atom. The number of carbonyl (C=O) groups is 1. The van der Waals surface area contributed by atoms with E-state index in [2.05, 4.69) is 4.90 Å². The Balaban J connectivity index is 1.52. The normalized spacial score (nSPS) is 24.0. The third-order valence-electron chi connectivity index (χ3n) is 5.06. The Morgan fingerprint density at radius 2 is 1.91 bits per heavy atom. The van der Waals surface area contributed by atoms with Crippen molar-refractivity contribution >= 4 is 5.91 Å². The third kappa shape index (κ3) is 3.72. The number of halogens is 1. The Kier molecular flexibility index (Phi) is 4.69. The average Bonchev–Trinajstić information content (AvgIpc) is 2.95. The van der Waals surface area contributed by atoms with Crippen molar-refractivity contribution < 1.29 is 13.9 Å². The van der Waals surface area contributed by atoms with Gasteiger partial charge in [-0.15, -0.1) is 0 Å². The van der Waals surface area contributed by atoms with Crippen LogP contribution in [0.4, 0.5) is 4.39 Å². The number of benzene rings is 1. The van der Waals surface area contributed by atoms with E-state index in [0.717, 1.165) is 50.9 Å². The first kappa shape index (κ1) is 16.4. The zero-order chi connectivity index (χ0) is 16.4. The number of rotatable bonds is 3. The molecule has 0 aliphatic carbocycles. The van der Waals surface area contributed by atoms with Crippen molar-refractivity contribution in [3.63, 3.8) is 0 Å². The maximum atomic E-state index is 13.0. The predicted octanol–water partition coefficient (Wildman–Crippen LogP) is 2.43. The molecule has 2 aliphatic heterocycles. The molecule has 5 heteroatoms. The summed E-state index contributed by atoms with van der Waals surface area (Å²) in [6, 6.07) is 6.71. The summed E-state index contributed by atoms with van der Waals surface area (Å²) in [6.07, 6.45) is 3.46. The molecule has 1 atom stereocenters. The monoisotopic (exact) mass is 320 g/mol. The van der Waals surface area contributed by atoms with E-state index in [0.29, 0.717) is 0 Å². The Bertz CT molecular complexity index is 551. The second-order valence-corrected chi connectivity index (χ2v) is 6.96. The summed E-state index contributed by atoms with van der Waals surface area (Å²) in [5.41, 5.74) is 1.02. The van der Waals surface area contributed by atoms with Crippen molar-refractivity contribution in [1.82, 2.24) is 9.80 Å². The summed E-state index contributed by atoms with van der Waals surface area (Å²) in [7, 11) is 3.56. The minimum atomic E-state index is -0.270. The molecule has 2 aliphatic rings. The van der Waals surface area contributed by atoms with Gasteiger partial charge in [-0.05, 0) is 43.4 Å². The van der Waals surface area contributed by atoms with Gasteiger partial charge in [-0.3, -0.25) is 9.69 Å². The molecular weight excluding hydrogens is 295 g/mol. The molecule has 2 heterocycles. The molecule has 1 aromatic rings. The number of nitrogens with zero attached hydrogens (tertiary/aromatic N) is 2. The van der Waals surface area contributed by atoms with Crippen LogP contribution < -0.4 is 0 Å². The van der Waals surface area contributed by atoms with Crippen molar-refractivity contribution in [3.8, 4) is 0 Å². The van der Waals surface area contributed by atoms with Crippen molar-refractivity contribution in [2.45, 2.75) is 43.9 Å². The molecule has 1 aromatic carbocycles. The molecule has 0 unspecified atom stereocenters. The first-order valence-corrected chi connectivity index (χ1v) is 8.33.